The molecular formula is C17H32INO4. The van der Waals surface area contributed by atoms with Gasteiger partial charge in [0.05, 0.1) is 25.4 Å². The molecule has 1 fully saturated rings. The molecule has 0 spiro atoms. The molecule has 0 saturated carbocycles. The van der Waals surface area contributed by atoms with Gasteiger partial charge in [0.15, 0.2) is 0 Å². The number of hydrogen-bond acceptors (Lipinski definition) is 4. The Labute approximate surface area is 154 Å². The van der Waals surface area contributed by atoms with E-state index in [1.165, 1.54) is 0 Å². The van der Waals surface area contributed by atoms with Crippen LogP contribution in [0.5, 0.6) is 0 Å². The van der Waals surface area contributed by atoms with Gasteiger partial charge in [-0.25, -0.2) is 4.79 Å². The Hall–Kier alpha value is -0.0800. The van der Waals surface area contributed by atoms with Crippen molar-refractivity contribution in [2.75, 3.05) is 37.3 Å². The average molecular weight is 441 g/mol. The van der Waals surface area contributed by atoms with Crippen LogP contribution in [0.25, 0.3) is 0 Å². The Morgan fingerprint density at radius 1 is 1.26 bits per heavy atom. The summed E-state index contributed by atoms with van der Waals surface area (Å²) in [6.07, 6.45) is 3.91. The summed E-state index contributed by atoms with van der Waals surface area (Å²) in [6.45, 7) is 11.2. The van der Waals surface area contributed by atoms with Gasteiger partial charge in [0, 0.05) is 17.6 Å². The Balaban J connectivity index is 2.46. The summed E-state index contributed by atoms with van der Waals surface area (Å²) in [6, 6.07) is 0. The fourth-order valence-corrected chi connectivity index (χ4v) is 3.35. The topological polar surface area (TPSA) is 48.0 Å². The standard InChI is InChI=1S/C17H32INO4/c1-5-6-10-21-11-12-22-17(13-18)8-7-9-19(14-17)15(20)23-16(2,3)4/h5-14H2,1-4H3. The third-order valence-corrected chi connectivity index (χ3v) is 5.10. The van der Waals surface area contributed by atoms with Crippen LogP contribution < -0.4 is 0 Å². The maximum Gasteiger partial charge on any atom is 0.410 e. The molecule has 23 heavy (non-hydrogen) atoms. The number of amides is 1. The zero-order valence-corrected chi connectivity index (χ0v) is 17.2. The normalized spacial score (nSPS) is 22.2. The molecule has 0 aromatic rings. The van der Waals surface area contributed by atoms with Crippen molar-refractivity contribution in [2.24, 2.45) is 0 Å². The fourth-order valence-electron chi connectivity index (χ4n) is 2.51. The van der Waals surface area contributed by atoms with Crippen LogP contribution in [0.3, 0.4) is 0 Å². The first kappa shape index (κ1) is 21.0. The van der Waals surface area contributed by atoms with E-state index in [9.17, 15) is 4.79 Å². The zero-order chi connectivity index (χ0) is 17.3. The molecule has 1 saturated heterocycles. The van der Waals surface area contributed by atoms with E-state index in [1.807, 2.05) is 20.8 Å². The second-order valence-electron chi connectivity index (χ2n) is 7.14. The number of ether oxygens (including phenoxy) is 3. The number of nitrogens with zero attached hydrogens (tertiary/aromatic N) is 1. The van der Waals surface area contributed by atoms with Crippen molar-refractivity contribution in [3.8, 4) is 0 Å². The number of rotatable bonds is 8. The van der Waals surface area contributed by atoms with Crippen LogP contribution in [0.4, 0.5) is 4.79 Å². The van der Waals surface area contributed by atoms with Crippen molar-refractivity contribution in [1.82, 2.24) is 4.90 Å². The molecule has 0 aromatic heterocycles. The molecular weight excluding hydrogens is 409 g/mol. The third kappa shape index (κ3) is 8.03. The van der Waals surface area contributed by atoms with Gasteiger partial charge in [-0.05, 0) is 40.0 Å². The number of carbonyl (C=O) groups is 1. The van der Waals surface area contributed by atoms with E-state index in [-0.39, 0.29) is 11.7 Å². The second-order valence-corrected chi connectivity index (χ2v) is 7.90. The van der Waals surface area contributed by atoms with Crippen molar-refractivity contribution in [3.63, 3.8) is 0 Å². The first-order valence-electron chi connectivity index (χ1n) is 8.57. The largest absolute Gasteiger partial charge is 0.444 e. The van der Waals surface area contributed by atoms with Gasteiger partial charge in [-0.15, -0.1) is 0 Å². The molecule has 0 aliphatic carbocycles. The van der Waals surface area contributed by atoms with Crippen molar-refractivity contribution in [3.05, 3.63) is 0 Å². The van der Waals surface area contributed by atoms with Gasteiger partial charge in [0.1, 0.15) is 5.60 Å². The van der Waals surface area contributed by atoms with Crippen molar-refractivity contribution < 1.29 is 19.0 Å². The third-order valence-electron chi connectivity index (χ3n) is 3.71. The number of halogens is 1. The van der Waals surface area contributed by atoms with Crippen LogP contribution in [0.2, 0.25) is 0 Å². The van der Waals surface area contributed by atoms with Crippen molar-refractivity contribution in [1.29, 1.82) is 0 Å². The smallest absolute Gasteiger partial charge is 0.410 e. The summed E-state index contributed by atoms with van der Waals surface area (Å²) in [5.74, 6) is 0. The lowest BCUT2D eigenvalue weighted by Gasteiger charge is -2.41. The highest BCUT2D eigenvalue weighted by molar-refractivity contribution is 14.1. The number of likely N-dealkylation sites (tertiary alicyclic amines) is 1. The van der Waals surface area contributed by atoms with Crippen LogP contribution in [0.15, 0.2) is 0 Å². The van der Waals surface area contributed by atoms with Crippen molar-refractivity contribution in [2.45, 2.75) is 64.6 Å². The van der Waals surface area contributed by atoms with E-state index in [2.05, 4.69) is 29.5 Å². The second kappa shape index (κ2) is 10.0. The molecule has 1 amide bonds. The number of piperidine rings is 1. The molecule has 0 aromatic carbocycles. The molecule has 1 rings (SSSR count). The van der Waals surface area contributed by atoms with Crippen molar-refractivity contribution >= 4 is 28.7 Å². The molecule has 1 unspecified atom stereocenters. The Morgan fingerprint density at radius 3 is 2.61 bits per heavy atom. The minimum absolute atomic E-state index is 0.241. The molecule has 0 bridgehead atoms. The minimum Gasteiger partial charge on any atom is -0.444 e. The Morgan fingerprint density at radius 2 is 2.00 bits per heavy atom. The van der Waals surface area contributed by atoms with Crippen LogP contribution in [-0.4, -0.2) is 59.5 Å². The maximum absolute atomic E-state index is 12.3. The average Bonchev–Trinajstić information content (AvgIpc) is 2.49. The molecule has 5 nitrogen and oxygen atoms in total. The molecule has 6 heteroatoms. The molecule has 1 heterocycles. The summed E-state index contributed by atoms with van der Waals surface area (Å²) in [4.78, 5) is 14.1. The molecule has 1 aliphatic heterocycles. The summed E-state index contributed by atoms with van der Waals surface area (Å²) in [7, 11) is 0. The number of alkyl halides is 1. The van der Waals surface area contributed by atoms with Gasteiger partial charge in [-0.1, -0.05) is 35.9 Å². The van der Waals surface area contributed by atoms with Crippen LogP contribution in [-0.2, 0) is 14.2 Å². The SMILES string of the molecule is CCCCOCCOC1(CI)CCCN(C(=O)OC(C)(C)C)C1. The highest BCUT2D eigenvalue weighted by Crippen LogP contribution is 2.28. The minimum atomic E-state index is -0.463. The van der Waals surface area contributed by atoms with E-state index in [0.717, 1.165) is 43.3 Å². The highest BCUT2D eigenvalue weighted by Gasteiger charge is 2.38. The van der Waals surface area contributed by atoms with E-state index in [4.69, 9.17) is 14.2 Å². The summed E-state index contributed by atoms with van der Waals surface area (Å²) in [5, 5.41) is 0. The number of hydrogen-bond donors (Lipinski definition) is 0. The monoisotopic (exact) mass is 441 g/mol. The molecule has 1 aliphatic rings. The van der Waals surface area contributed by atoms with Gasteiger partial charge in [-0.2, -0.15) is 0 Å². The zero-order valence-electron chi connectivity index (χ0n) is 15.0. The predicted molar refractivity (Wildman–Crippen MR) is 100 cm³/mol. The summed E-state index contributed by atoms with van der Waals surface area (Å²) >= 11 is 2.35. The van der Waals surface area contributed by atoms with E-state index in [0.29, 0.717) is 19.8 Å². The molecule has 0 N–H and O–H groups in total. The quantitative estimate of drug-likeness (QED) is 0.324. The highest BCUT2D eigenvalue weighted by atomic mass is 127. The number of unbranched alkanes of at least 4 members (excludes halogenated alkanes) is 1. The lowest BCUT2D eigenvalue weighted by molar-refractivity contribution is -0.0890. The lowest BCUT2D eigenvalue weighted by atomic mass is 9.95. The van der Waals surface area contributed by atoms with Crippen LogP contribution in [0.1, 0.15) is 53.4 Å². The van der Waals surface area contributed by atoms with E-state index >= 15 is 0 Å². The van der Waals surface area contributed by atoms with E-state index < -0.39 is 5.60 Å². The van der Waals surface area contributed by atoms with E-state index in [1.54, 1.807) is 4.90 Å². The van der Waals surface area contributed by atoms with Gasteiger partial charge in [0.2, 0.25) is 0 Å². The van der Waals surface area contributed by atoms with Crippen LogP contribution in [0, 0.1) is 0 Å². The predicted octanol–water partition coefficient (Wildman–Crippen LogP) is 4.02. The summed E-state index contributed by atoms with van der Waals surface area (Å²) < 4.78 is 18.0. The lowest BCUT2D eigenvalue weighted by Crippen LogP contribution is -2.54. The molecule has 1 atom stereocenters. The van der Waals surface area contributed by atoms with Gasteiger partial charge >= 0.3 is 6.09 Å². The molecule has 136 valence electrons. The fraction of sp³-hybridized carbons (Fsp3) is 0.941. The maximum atomic E-state index is 12.3. The van der Waals surface area contributed by atoms with Crippen LogP contribution >= 0.6 is 22.6 Å². The molecule has 0 radical (unpaired) electrons. The van der Waals surface area contributed by atoms with Gasteiger partial charge in [0.25, 0.3) is 0 Å². The van der Waals surface area contributed by atoms with Gasteiger partial charge < -0.3 is 19.1 Å². The summed E-state index contributed by atoms with van der Waals surface area (Å²) in [5.41, 5.74) is -0.737. The Bertz CT molecular complexity index is 359. The van der Waals surface area contributed by atoms with Gasteiger partial charge in [-0.3, -0.25) is 0 Å². The Kier molecular flexibility index (Phi) is 9.15. The number of carbonyl (C=O) groups excluding carboxylic acids is 1. The first-order chi connectivity index (χ1) is 10.8. The first-order valence-corrected chi connectivity index (χ1v) is 10.1.